The number of hydrogen-bond acceptors (Lipinski definition) is 1. The van der Waals surface area contributed by atoms with Gasteiger partial charge in [-0.1, -0.05) is 31.2 Å². The molecule has 1 aliphatic rings. The lowest BCUT2D eigenvalue weighted by Crippen LogP contribution is -1.95. The summed E-state index contributed by atoms with van der Waals surface area (Å²) in [6, 6.07) is 0. The van der Waals surface area contributed by atoms with Crippen molar-refractivity contribution in [2.45, 2.75) is 19.8 Å². The fourth-order valence-electron chi connectivity index (χ4n) is 1.41. The molecule has 0 aromatic rings. The fourth-order valence-corrected chi connectivity index (χ4v) is 1.41. The molecule has 0 radical (unpaired) electrons. The molecule has 0 N–H and O–H groups in total. The molecule has 1 atom stereocenters. The van der Waals surface area contributed by atoms with Gasteiger partial charge >= 0.3 is 0 Å². The SMILES string of the molecule is CN=C/C=C/C1=CC=CCCC1C. The molecule has 0 saturated heterocycles. The quantitative estimate of drug-likeness (QED) is 0.572. The maximum absolute atomic E-state index is 3.91. The van der Waals surface area contributed by atoms with Crippen molar-refractivity contribution in [1.29, 1.82) is 0 Å². The van der Waals surface area contributed by atoms with Crippen molar-refractivity contribution in [2.75, 3.05) is 7.05 Å². The van der Waals surface area contributed by atoms with Gasteiger partial charge in [-0.15, -0.1) is 0 Å². The molecule has 0 heterocycles. The highest BCUT2D eigenvalue weighted by molar-refractivity contribution is 5.71. The van der Waals surface area contributed by atoms with Crippen LogP contribution in [-0.4, -0.2) is 13.3 Å². The molecule has 1 nitrogen and oxygen atoms in total. The van der Waals surface area contributed by atoms with Crippen molar-refractivity contribution in [1.82, 2.24) is 0 Å². The molecule has 1 heteroatoms. The smallest absolute Gasteiger partial charge is 0.0277 e. The van der Waals surface area contributed by atoms with Crippen LogP contribution in [0.15, 0.2) is 40.9 Å². The summed E-state index contributed by atoms with van der Waals surface area (Å²) in [4.78, 5) is 3.91. The Bertz CT molecular complexity index is 256. The maximum atomic E-state index is 3.91. The predicted molar refractivity (Wildman–Crippen MR) is 59.2 cm³/mol. The van der Waals surface area contributed by atoms with Crippen molar-refractivity contribution in [3.8, 4) is 0 Å². The number of hydrogen-bond donors (Lipinski definition) is 0. The molecule has 0 fully saturated rings. The minimum Gasteiger partial charge on any atom is -0.297 e. The van der Waals surface area contributed by atoms with Crippen LogP contribution in [0, 0.1) is 5.92 Å². The zero-order chi connectivity index (χ0) is 9.52. The molecule has 13 heavy (non-hydrogen) atoms. The number of allylic oxidation sites excluding steroid dienone is 6. The molecular formula is C12H17N. The minimum absolute atomic E-state index is 0.663. The van der Waals surface area contributed by atoms with E-state index < -0.39 is 0 Å². The van der Waals surface area contributed by atoms with Gasteiger partial charge in [0, 0.05) is 13.3 Å². The Labute approximate surface area is 80.6 Å². The lowest BCUT2D eigenvalue weighted by Gasteiger charge is -2.08. The second-order valence-corrected chi connectivity index (χ2v) is 3.34. The second-order valence-electron chi connectivity index (χ2n) is 3.34. The highest BCUT2D eigenvalue weighted by atomic mass is 14.6. The minimum atomic E-state index is 0.663. The molecule has 0 amide bonds. The van der Waals surface area contributed by atoms with E-state index in [-0.39, 0.29) is 0 Å². The molecule has 1 unspecified atom stereocenters. The van der Waals surface area contributed by atoms with E-state index in [2.05, 4.69) is 36.2 Å². The Hall–Kier alpha value is -1.11. The van der Waals surface area contributed by atoms with E-state index >= 15 is 0 Å². The van der Waals surface area contributed by atoms with E-state index in [4.69, 9.17) is 0 Å². The molecule has 0 bridgehead atoms. The molecule has 0 spiro atoms. The van der Waals surface area contributed by atoms with Crippen molar-refractivity contribution in [3.05, 3.63) is 36.0 Å². The Morgan fingerprint density at radius 1 is 1.54 bits per heavy atom. The van der Waals surface area contributed by atoms with Crippen LogP contribution in [0.5, 0.6) is 0 Å². The molecule has 0 saturated carbocycles. The molecule has 0 aromatic carbocycles. The zero-order valence-electron chi connectivity index (χ0n) is 8.40. The normalized spacial score (nSPS) is 23.8. The van der Waals surface area contributed by atoms with Gasteiger partial charge in [-0.05, 0) is 30.4 Å². The molecule has 1 rings (SSSR count). The molecule has 0 aromatic heterocycles. The first-order valence-corrected chi connectivity index (χ1v) is 4.80. The standard InChI is InChI=1S/C12H17N/c1-11-7-4-3-5-8-12(11)9-6-10-13-2/h3,5-6,8-11H,4,7H2,1-2H3/b9-6+,13-10?. The van der Waals surface area contributed by atoms with Crippen molar-refractivity contribution in [3.63, 3.8) is 0 Å². The third-order valence-corrected chi connectivity index (χ3v) is 2.28. The topological polar surface area (TPSA) is 12.4 Å². The highest BCUT2D eigenvalue weighted by Gasteiger charge is 2.05. The summed E-state index contributed by atoms with van der Waals surface area (Å²) in [5, 5.41) is 0. The first kappa shape index (κ1) is 9.97. The van der Waals surface area contributed by atoms with Gasteiger partial charge in [0.05, 0.1) is 0 Å². The Kier molecular flexibility index (Phi) is 4.24. The average molecular weight is 175 g/mol. The van der Waals surface area contributed by atoms with E-state index in [1.807, 2.05) is 12.3 Å². The molecule has 70 valence electrons. The van der Waals surface area contributed by atoms with Gasteiger partial charge in [0.25, 0.3) is 0 Å². The largest absolute Gasteiger partial charge is 0.297 e. The van der Waals surface area contributed by atoms with E-state index in [9.17, 15) is 0 Å². The Balaban J connectivity index is 2.64. The summed E-state index contributed by atoms with van der Waals surface area (Å²) in [5.74, 6) is 0.663. The van der Waals surface area contributed by atoms with Crippen molar-refractivity contribution >= 4 is 6.21 Å². The van der Waals surface area contributed by atoms with Crippen LogP contribution in [-0.2, 0) is 0 Å². The van der Waals surface area contributed by atoms with Crippen molar-refractivity contribution in [2.24, 2.45) is 10.9 Å². The summed E-state index contributed by atoms with van der Waals surface area (Å²) in [6.07, 6.45) is 15.0. The monoisotopic (exact) mass is 175 g/mol. The van der Waals surface area contributed by atoms with Crippen LogP contribution >= 0.6 is 0 Å². The van der Waals surface area contributed by atoms with Crippen LogP contribution in [0.25, 0.3) is 0 Å². The summed E-state index contributed by atoms with van der Waals surface area (Å²) in [6.45, 7) is 2.27. The van der Waals surface area contributed by atoms with E-state index in [0.29, 0.717) is 5.92 Å². The average Bonchev–Trinajstić information content (AvgIpc) is 2.32. The lowest BCUT2D eigenvalue weighted by atomic mass is 9.97. The zero-order valence-corrected chi connectivity index (χ0v) is 8.40. The first-order chi connectivity index (χ1) is 6.34. The van der Waals surface area contributed by atoms with E-state index in [0.717, 1.165) is 0 Å². The summed E-state index contributed by atoms with van der Waals surface area (Å²) < 4.78 is 0. The molecule has 0 aliphatic heterocycles. The third-order valence-electron chi connectivity index (χ3n) is 2.28. The number of nitrogens with zero attached hydrogens (tertiary/aromatic N) is 1. The fraction of sp³-hybridized carbons (Fsp3) is 0.417. The second kappa shape index (κ2) is 5.52. The summed E-state index contributed by atoms with van der Waals surface area (Å²) in [5.41, 5.74) is 1.40. The van der Waals surface area contributed by atoms with Gasteiger partial charge in [0.15, 0.2) is 0 Å². The predicted octanol–water partition coefficient (Wildman–Crippen LogP) is 3.16. The Morgan fingerprint density at radius 2 is 2.38 bits per heavy atom. The molecular weight excluding hydrogens is 158 g/mol. The van der Waals surface area contributed by atoms with Crippen LogP contribution in [0.1, 0.15) is 19.8 Å². The molecule has 1 aliphatic carbocycles. The van der Waals surface area contributed by atoms with E-state index in [1.54, 1.807) is 7.05 Å². The van der Waals surface area contributed by atoms with Gasteiger partial charge in [0.1, 0.15) is 0 Å². The maximum Gasteiger partial charge on any atom is 0.0277 e. The number of aliphatic imine (C=N–C) groups is 1. The van der Waals surface area contributed by atoms with Gasteiger partial charge in [-0.3, -0.25) is 4.99 Å². The van der Waals surface area contributed by atoms with Gasteiger partial charge in [-0.25, -0.2) is 0 Å². The van der Waals surface area contributed by atoms with Crippen LogP contribution in [0.3, 0.4) is 0 Å². The number of rotatable bonds is 2. The van der Waals surface area contributed by atoms with Crippen molar-refractivity contribution < 1.29 is 0 Å². The van der Waals surface area contributed by atoms with Gasteiger partial charge in [0.2, 0.25) is 0 Å². The van der Waals surface area contributed by atoms with Crippen LogP contribution in [0.2, 0.25) is 0 Å². The Morgan fingerprint density at radius 3 is 3.15 bits per heavy atom. The summed E-state index contributed by atoms with van der Waals surface area (Å²) >= 11 is 0. The van der Waals surface area contributed by atoms with Gasteiger partial charge in [-0.2, -0.15) is 0 Å². The first-order valence-electron chi connectivity index (χ1n) is 4.80. The van der Waals surface area contributed by atoms with Gasteiger partial charge < -0.3 is 0 Å². The van der Waals surface area contributed by atoms with Crippen LogP contribution < -0.4 is 0 Å². The third kappa shape index (κ3) is 3.41. The lowest BCUT2D eigenvalue weighted by molar-refractivity contribution is 0.639. The van der Waals surface area contributed by atoms with Crippen LogP contribution in [0.4, 0.5) is 0 Å². The van der Waals surface area contributed by atoms with E-state index in [1.165, 1.54) is 18.4 Å². The summed E-state index contributed by atoms with van der Waals surface area (Å²) in [7, 11) is 1.79. The highest BCUT2D eigenvalue weighted by Crippen LogP contribution is 2.20.